The minimum Gasteiger partial charge on any atom is -0.480 e. The number of alkyl halides is 3. The highest BCUT2D eigenvalue weighted by Crippen LogP contribution is 2.32. The molecule has 1 fully saturated rings. The van der Waals surface area contributed by atoms with Gasteiger partial charge in [-0.3, -0.25) is 4.79 Å². The van der Waals surface area contributed by atoms with E-state index in [0.717, 1.165) is 22.5 Å². The maximum absolute atomic E-state index is 12.8. The van der Waals surface area contributed by atoms with Crippen LogP contribution in [0.2, 0.25) is 0 Å². The van der Waals surface area contributed by atoms with Crippen LogP contribution in [0, 0.1) is 5.92 Å². The number of amides is 1. The molecular formula is C17H21F3N2O6S. The van der Waals surface area contributed by atoms with Crippen molar-refractivity contribution in [2.24, 2.45) is 5.92 Å². The molecular weight excluding hydrogens is 417 g/mol. The number of aliphatic hydroxyl groups excluding tert-OH is 1. The summed E-state index contributed by atoms with van der Waals surface area (Å²) in [6.45, 7) is 0.996. The van der Waals surface area contributed by atoms with E-state index in [1.54, 1.807) is 0 Å². The van der Waals surface area contributed by atoms with Crippen LogP contribution in [0.3, 0.4) is 0 Å². The molecule has 1 heterocycles. The van der Waals surface area contributed by atoms with Crippen LogP contribution in [0.15, 0.2) is 29.2 Å². The Bertz CT molecular complexity index is 864. The standard InChI is InChI=1S/C17H21F3N2O6S/c1-10(23)14(16(25)26)21-15(24)11-5-7-22(8-6-11)29(27,28)13-4-2-3-12(9-13)17(18,19)20/h2-4,9-11,14,23H,5-8H2,1H3,(H,21,24)(H,25,26)/t10-,14-/m1/s1. The number of benzene rings is 1. The minimum absolute atomic E-state index is 0.0656. The lowest BCUT2D eigenvalue weighted by Gasteiger charge is -2.31. The summed E-state index contributed by atoms with van der Waals surface area (Å²) in [4.78, 5) is 22.8. The molecule has 1 aromatic rings. The first-order valence-electron chi connectivity index (χ1n) is 8.72. The third kappa shape index (κ3) is 5.46. The Balaban J connectivity index is 2.06. The normalized spacial score (nSPS) is 18.8. The van der Waals surface area contributed by atoms with Crippen LogP contribution in [0.25, 0.3) is 0 Å². The van der Waals surface area contributed by atoms with Gasteiger partial charge in [-0.1, -0.05) is 6.07 Å². The lowest BCUT2D eigenvalue weighted by atomic mass is 9.96. The summed E-state index contributed by atoms with van der Waals surface area (Å²) < 4.78 is 64.8. The van der Waals surface area contributed by atoms with Gasteiger partial charge in [0.1, 0.15) is 0 Å². The van der Waals surface area contributed by atoms with Gasteiger partial charge in [-0.25, -0.2) is 13.2 Å². The molecule has 1 aliphatic rings. The molecule has 1 aliphatic heterocycles. The van der Waals surface area contributed by atoms with Crippen LogP contribution in [0.4, 0.5) is 13.2 Å². The van der Waals surface area contributed by atoms with E-state index in [1.165, 1.54) is 6.92 Å². The first-order chi connectivity index (χ1) is 13.3. The third-order valence-corrected chi connectivity index (χ3v) is 6.56. The van der Waals surface area contributed by atoms with E-state index in [4.69, 9.17) is 5.11 Å². The van der Waals surface area contributed by atoms with Crippen molar-refractivity contribution in [2.75, 3.05) is 13.1 Å². The number of carboxylic acid groups (broad SMARTS) is 1. The van der Waals surface area contributed by atoms with Gasteiger partial charge in [-0.2, -0.15) is 17.5 Å². The predicted octanol–water partition coefficient (Wildman–Crippen LogP) is 1.06. The molecule has 29 heavy (non-hydrogen) atoms. The van der Waals surface area contributed by atoms with E-state index in [2.05, 4.69) is 5.32 Å². The Labute approximate surface area is 165 Å². The molecule has 2 rings (SSSR count). The highest BCUT2D eigenvalue weighted by Gasteiger charge is 2.36. The van der Waals surface area contributed by atoms with Gasteiger partial charge in [0.15, 0.2) is 6.04 Å². The maximum atomic E-state index is 12.8. The Morgan fingerprint density at radius 2 is 1.83 bits per heavy atom. The number of piperidine rings is 1. The molecule has 1 amide bonds. The Morgan fingerprint density at radius 3 is 2.31 bits per heavy atom. The summed E-state index contributed by atoms with van der Waals surface area (Å²) in [5.41, 5.74) is -1.08. The fourth-order valence-electron chi connectivity index (χ4n) is 3.00. The molecule has 1 saturated heterocycles. The number of hydrogen-bond acceptors (Lipinski definition) is 5. The number of carboxylic acids is 1. The Morgan fingerprint density at radius 1 is 1.24 bits per heavy atom. The molecule has 1 aromatic carbocycles. The minimum atomic E-state index is -4.68. The van der Waals surface area contributed by atoms with Crippen LogP contribution in [0.1, 0.15) is 25.3 Å². The second-order valence-corrected chi connectivity index (χ2v) is 8.71. The number of carbonyl (C=O) groups is 2. The highest BCUT2D eigenvalue weighted by molar-refractivity contribution is 7.89. The predicted molar refractivity (Wildman–Crippen MR) is 94.2 cm³/mol. The fraction of sp³-hybridized carbons (Fsp3) is 0.529. The van der Waals surface area contributed by atoms with Crippen molar-refractivity contribution in [3.05, 3.63) is 29.8 Å². The summed E-state index contributed by atoms with van der Waals surface area (Å²) in [6.07, 6.45) is -5.87. The number of hydrogen-bond donors (Lipinski definition) is 3. The van der Waals surface area contributed by atoms with Crippen LogP contribution >= 0.6 is 0 Å². The molecule has 162 valence electrons. The molecule has 0 radical (unpaired) electrons. The first-order valence-corrected chi connectivity index (χ1v) is 10.2. The summed E-state index contributed by atoms with van der Waals surface area (Å²) in [5, 5.41) is 20.6. The van der Waals surface area contributed by atoms with Gasteiger partial charge < -0.3 is 15.5 Å². The Hall–Kier alpha value is -2.18. The highest BCUT2D eigenvalue weighted by atomic mass is 32.2. The average Bonchev–Trinajstić information content (AvgIpc) is 2.65. The zero-order chi connectivity index (χ0) is 22.0. The van der Waals surface area contributed by atoms with Gasteiger partial charge in [0, 0.05) is 19.0 Å². The first kappa shape index (κ1) is 23.1. The number of halogens is 3. The van der Waals surface area contributed by atoms with Crippen molar-refractivity contribution in [1.82, 2.24) is 9.62 Å². The van der Waals surface area contributed by atoms with Crippen molar-refractivity contribution < 1.29 is 41.4 Å². The second-order valence-electron chi connectivity index (χ2n) is 6.77. The number of sulfonamides is 1. The Kier molecular flexibility index (Phi) is 6.91. The molecule has 12 heteroatoms. The fourth-order valence-corrected chi connectivity index (χ4v) is 4.52. The lowest BCUT2D eigenvalue weighted by Crippen LogP contribution is -2.51. The molecule has 3 N–H and O–H groups in total. The van der Waals surface area contributed by atoms with Crippen molar-refractivity contribution in [3.8, 4) is 0 Å². The molecule has 0 aromatic heterocycles. The molecule has 0 saturated carbocycles. The largest absolute Gasteiger partial charge is 0.480 e. The zero-order valence-corrected chi connectivity index (χ0v) is 16.2. The van der Waals surface area contributed by atoms with Crippen LogP contribution in [-0.2, 0) is 25.8 Å². The van der Waals surface area contributed by atoms with E-state index < -0.39 is 56.6 Å². The lowest BCUT2D eigenvalue weighted by molar-refractivity contribution is -0.145. The van der Waals surface area contributed by atoms with Crippen molar-refractivity contribution in [3.63, 3.8) is 0 Å². The van der Waals surface area contributed by atoms with Gasteiger partial charge in [-0.15, -0.1) is 0 Å². The number of carbonyl (C=O) groups excluding carboxylic acids is 1. The third-order valence-electron chi connectivity index (χ3n) is 4.67. The summed E-state index contributed by atoms with van der Waals surface area (Å²) >= 11 is 0. The van der Waals surface area contributed by atoms with Crippen molar-refractivity contribution in [2.45, 2.75) is 43.0 Å². The van der Waals surface area contributed by atoms with Crippen molar-refractivity contribution in [1.29, 1.82) is 0 Å². The van der Waals surface area contributed by atoms with Crippen LogP contribution in [-0.4, -0.2) is 60.0 Å². The molecule has 0 bridgehead atoms. The smallest absolute Gasteiger partial charge is 0.416 e. The van der Waals surface area contributed by atoms with Gasteiger partial charge >= 0.3 is 12.1 Å². The van der Waals surface area contributed by atoms with Gasteiger partial charge in [-0.05, 0) is 38.0 Å². The van der Waals surface area contributed by atoms with Gasteiger partial charge in [0.25, 0.3) is 0 Å². The number of nitrogens with zero attached hydrogens (tertiary/aromatic N) is 1. The van der Waals surface area contributed by atoms with E-state index >= 15 is 0 Å². The number of aliphatic carboxylic acids is 1. The summed E-state index contributed by atoms with van der Waals surface area (Å²) in [7, 11) is -4.18. The van der Waals surface area contributed by atoms with Crippen LogP contribution < -0.4 is 5.32 Å². The summed E-state index contributed by atoms with van der Waals surface area (Å²) in [6, 6.07) is 1.93. The molecule has 2 atom stereocenters. The molecule has 0 unspecified atom stereocenters. The quantitative estimate of drug-likeness (QED) is 0.610. The SMILES string of the molecule is C[C@@H](O)[C@@H](NC(=O)C1CCN(S(=O)(=O)c2cccc(C(F)(F)F)c2)CC1)C(=O)O. The van der Waals surface area contributed by atoms with Crippen LogP contribution in [0.5, 0.6) is 0 Å². The average molecular weight is 438 g/mol. The summed E-state index contributed by atoms with van der Waals surface area (Å²) in [5.74, 6) is -2.71. The molecule has 8 nitrogen and oxygen atoms in total. The molecule has 0 spiro atoms. The van der Waals surface area contributed by atoms with E-state index in [-0.39, 0.29) is 25.9 Å². The van der Waals surface area contributed by atoms with E-state index in [1.807, 2.05) is 0 Å². The topological polar surface area (TPSA) is 124 Å². The van der Waals surface area contributed by atoms with E-state index in [0.29, 0.717) is 6.07 Å². The zero-order valence-electron chi connectivity index (χ0n) is 15.4. The molecule has 0 aliphatic carbocycles. The second kappa shape index (κ2) is 8.67. The van der Waals surface area contributed by atoms with Gasteiger partial charge in [0.2, 0.25) is 15.9 Å². The maximum Gasteiger partial charge on any atom is 0.416 e. The number of aliphatic hydroxyl groups is 1. The number of rotatable bonds is 6. The van der Waals surface area contributed by atoms with E-state index in [9.17, 15) is 36.3 Å². The van der Waals surface area contributed by atoms with Gasteiger partial charge in [0.05, 0.1) is 16.6 Å². The number of nitrogens with one attached hydrogen (secondary N) is 1. The van der Waals surface area contributed by atoms with Crippen molar-refractivity contribution >= 4 is 21.9 Å². The monoisotopic (exact) mass is 438 g/mol.